The lowest BCUT2D eigenvalue weighted by Gasteiger charge is -2.26. The van der Waals surface area contributed by atoms with Gasteiger partial charge in [-0.15, -0.1) is 0 Å². The summed E-state index contributed by atoms with van der Waals surface area (Å²) in [7, 11) is 0. The standard InChI is InChI=1S/C19H18F2O2/c1-2-4-11-7-8-13-14-9-10-15(22-12-5-3-6-12)17(21)19(14)23-18(13)16(11)20/h7-10,12H,2-6H2,1H3. The van der Waals surface area contributed by atoms with E-state index in [9.17, 15) is 8.78 Å². The first-order valence-electron chi connectivity index (χ1n) is 8.17. The van der Waals surface area contributed by atoms with Gasteiger partial charge in [0.25, 0.3) is 0 Å². The van der Waals surface area contributed by atoms with E-state index in [1.807, 2.05) is 6.92 Å². The first-order valence-corrected chi connectivity index (χ1v) is 8.17. The van der Waals surface area contributed by atoms with E-state index in [1.165, 1.54) is 0 Å². The first kappa shape index (κ1) is 14.5. The second kappa shape index (κ2) is 5.52. The van der Waals surface area contributed by atoms with Gasteiger partial charge < -0.3 is 9.15 Å². The molecule has 0 bridgehead atoms. The van der Waals surface area contributed by atoms with Crippen molar-refractivity contribution in [2.75, 3.05) is 0 Å². The Morgan fingerprint density at radius 3 is 2.39 bits per heavy atom. The molecule has 1 fully saturated rings. The average Bonchev–Trinajstić information content (AvgIpc) is 2.88. The summed E-state index contributed by atoms with van der Waals surface area (Å²) in [5.41, 5.74) is 0.806. The highest BCUT2D eigenvalue weighted by atomic mass is 19.1. The molecule has 0 radical (unpaired) electrons. The minimum Gasteiger partial charge on any atom is -0.487 e. The Morgan fingerprint density at radius 1 is 1.04 bits per heavy atom. The zero-order chi connectivity index (χ0) is 16.0. The van der Waals surface area contributed by atoms with Gasteiger partial charge in [-0.05, 0) is 49.4 Å². The molecule has 120 valence electrons. The third-order valence-corrected chi connectivity index (χ3v) is 4.60. The highest BCUT2D eigenvalue weighted by molar-refractivity contribution is 6.05. The SMILES string of the molecule is CCCc1ccc2c(oc3c(F)c(OC4CCC4)ccc32)c1F. The Morgan fingerprint density at radius 2 is 1.74 bits per heavy atom. The lowest BCUT2D eigenvalue weighted by atomic mass is 9.96. The minimum absolute atomic E-state index is 0.0735. The number of ether oxygens (including phenoxy) is 1. The van der Waals surface area contributed by atoms with Crippen LogP contribution in [0.4, 0.5) is 8.78 Å². The van der Waals surface area contributed by atoms with Crippen LogP contribution in [0.2, 0.25) is 0 Å². The van der Waals surface area contributed by atoms with Gasteiger partial charge in [-0.1, -0.05) is 19.4 Å². The van der Waals surface area contributed by atoms with Gasteiger partial charge in [-0.25, -0.2) is 4.39 Å². The van der Waals surface area contributed by atoms with Crippen molar-refractivity contribution in [3.8, 4) is 5.75 Å². The molecule has 0 spiro atoms. The summed E-state index contributed by atoms with van der Waals surface area (Å²) in [6.07, 6.45) is 4.58. The van der Waals surface area contributed by atoms with Crippen LogP contribution < -0.4 is 4.74 Å². The summed E-state index contributed by atoms with van der Waals surface area (Å²) in [6.45, 7) is 1.99. The largest absolute Gasteiger partial charge is 0.487 e. The number of furan rings is 1. The fourth-order valence-electron chi connectivity index (χ4n) is 3.08. The van der Waals surface area contributed by atoms with Gasteiger partial charge in [0.05, 0.1) is 6.10 Å². The molecule has 1 aliphatic carbocycles. The van der Waals surface area contributed by atoms with E-state index in [-0.39, 0.29) is 28.8 Å². The Hall–Kier alpha value is -2.10. The zero-order valence-electron chi connectivity index (χ0n) is 13.0. The van der Waals surface area contributed by atoms with Gasteiger partial charge in [-0.3, -0.25) is 0 Å². The normalized spacial score (nSPS) is 15.3. The number of aryl methyl sites for hydroxylation is 1. The van der Waals surface area contributed by atoms with Gasteiger partial charge in [0.1, 0.15) is 0 Å². The monoisotopic (exact) mass is 316 g/mol. The molecule has 1 saturated carbocycles. The Labute approximate surface area is 133 Å². The van der Waals surface area contributed by atoms with Crippen molar-refractivity contribution in [3.05, 3.63) is 41.5 Å². The molecular weight excluding hydrogens is 298 g/mol. The fourth-order valence-corrected chi connectivity index (χ4v) is 3.08. The van der Waals surface area contributed by atoms with E-state index < -0.39 is 5.82 Å². The number of hydrogen-bond donors (Lipinski definition) is 0. The van der Waals surface area contributed by atoms with E-state index in [1.54, 1.807) is 24.3 Å². The van der Waals surface area contributed by atoms with Gasteiger partial charge in [0, 0.05) is 10.8 Å². The lowest BCUT2D eigenvalue weighted by molar-refractivity contribution is 0.115. The Balaban J connectivity index is 1.86. The smallest absolute Gasteiger partial charge is 0.208 e. The van der Waals surface area contributed by atoms with Crippen LogP contribution in [-0.2, 0) is 6.42 Å². The van der Waals surface area contributed by atoms with Gasteiger partial charge >= 0.3 is 0 Å². The average molecular weight is 316 g/mol. The highest BCUT2D eigenvalue weighted by Gasteiger charge is 2.23. The van der Waals surface area contributed by atoms with E-state index in [0.717, 1.165) is 25.7 Å². The molecule has 0 atom stereocenters. The van der Waals surface area contributed by atoms with Crippen LogP contribution in [0.1, 0.15) is 38.2 Å². The molecule has 4 heteroatoms. The third kappa shape index (κ3) is 2.28. The first-order chi connectivity index (χ1) is 11.2. The number of halogens is 2. The summed E-state index contributed by atoms with van der Waals surface area (Å²) in [5, 5.41) is 1.19. The van der Waals surface area contributed by atoms with Crippen molar-refractivity contribution >= 4 is 21.9 Å². The maximum absolute atomic E-state index is 14.7. The summed E-state index contributed by atoms with van der Waals surface area (Å²) in [6, 6.07) is 6.92. The van der Waals surface area contributed by atoms with Crippen molar-refractivity contribution in [2.45, 2.75) is 45.1 Å². The highest BCUT2D eigenvalue weighted by Crippen LogP contribution is 2.37. The van der Waals surface area contributed by atoms with Crippen LogP contribution in [0.3, 0.4) is 0 Å². The van der Waals surface area contributed by atoms with Crippen LogP contribution in [0.5, 0.6) is 5.75 Å². The van der Waals surface area contributed by atoms with Gasteiger partial charge in [0.15, 0.2) is 22.7 Å². The van der Waals surface area contributed by atoms with Crippen molar-refractivity contribution in [3.63, 3.8) is 0 Å². The summed E-state index contributed by atoms with van der Waals surface area (Å²) in [5.74, 6) is -0.737. The summed E-state index contributed by atoms with van der Waals surface area (Å²) < 4.78 is 40.4. The van der Waals surface area contributed by atoms with E-state index >= 15 is 0 Å². The van der Waals surface area contributed by atoms with Crippen LogP contribution in [0.15, 0.2) is 28.7 Å². The second-order valence-corrected chi connectivity index (χ2v) is 6.19. The van der Waals surface area contributed by atoms with E-state index in [2.05, 4.69) is 0 Å². The van der Waals surface area contributed by atoms with Gasteiger partial charge in [0.2, 0.25) is 5.82 Å². The maximum atomic E-state index is 14.7. The second-order valence-electron chi connectivity index (χ2n) is 6.19. The molecule has 2 nitrogen and oxygen atoms in total. The van der Waals surface area contributed by atoms with Crippen LogP contribution in [-0.4, -0.2) is 6.10 Å². The summed E-state index contributed by atoms with van der Waals surface area (Å²) >= 11 is 0. The molecule has 0 amide bonds. The molecule has 1 aromatic heterocycles. The number of rotatable bonds is 4. The molecule has 1 aliphatic rings. The number of hydrogen-bond acceptors (Lipinski definition) is 2. The lowest BCUT2D eigenvalue weighted by Crippen LogP contribution is -2.24. The molecule has 4 rings (SSSR count). The van der Waals surface area contributed by atoms with Crippen LogP contribution in [0.25, 0.3) is 21.9 Å². The fraction of sp³-hybridized carbons (Fsp3) is 0.368. The quantitative estimate of drug-likeness (QED) is 0.611. The predicted molar refractivity (Wildman–Crippen MR) is 85.9 cm³/mol. The van der Waals surface area contributed by atoms with Crippen LogP contribution in [0, 0.1) is 11.6 Å². The molecule has 2 aromatic carbocycles. The zero-order valence-corrected chi connectivity index (χ0v) is 13.0. The Bertz CT molecular complexity index is 878. The van der Waals surface area contributed by atoms with Crippen LogP contribution >= 0.6 is 0 Å². The predicted octanol–water partition coefficient (Wildman–Crippen LogP) is 5.75. The van der Waals surface area contributed by atoms with Crippen molar-refractivity contribution in [1.82, 2.24) is 0 Å². The number of fused-ring (bicyclic) bond motifs is 3. The van der Waals surface area contributed by atoms with Crippen molar-refractivity contribution in [1.29, 1.82) is 0 Å². The van der Waals surface area contributed by atoms with Crippen molar-refractivity contribution < 1.29 is 17.9 Å². The molecule has 0 aliphatic heterocycles. The molecule has 3 aromatic rings. The topological polar surface area (TPSA) is 22.4 Å². The van der Waals surface area contributed by atoms with Crippen molar-refractivity contribution in [2.24, 2.45) is 0 Å². The molecule has 1 heterocycles. The minimum atomic E-state index is -0.540. The third-order valence-electron chi connectivity index (χ3n) is 4.60. The molecule has 23 heavy (non-hydrogen) atoms. The van der Waals surface area contributed by atoms with E-state index in [4.69, 9.17) is 9.15 Å². The Kier molecular flexibility index (Phi) is 3.47. The molecule has 0 saturated heterocycles. The number of benzene rings is 2. The summed E-state index contributed by atoms with van der Waals surface area (Å²) in [4.78, 5) is 0. The molecule has 0 unspecified atom stereocenters. The maximum Gasteiger partial charge on any atom is 0.208 e. The molecule has 0 N–H and O–H groups in total. The molecular formula is C19H18F2O2. The van der Waals surface area contributed by atoms with Gasteiger partial charge in [-0.2, -0.15) is 4.39 Å². The van der Waals surface area contributed by atoms with E-state index in [0.29, 0.717) is 22.8 Å².